The van der Waals surface area contributed by atoms with Gasteiger partial charge in [-0.3, -0.25) is 9.80 Å². The maximum absolute atomic E-state index is 5.64. The average Bonchev–Trinajstić information content (AvgIpc) is 2.77. The van der Waals surface area contributed by atoms with Crippen LogP contribution in [0.5, 0.6) is 0 Å². The number of likely N-dealkylation sites (N-methyl/N-ethyl adjacent to an activating group) is 1. The number of hydrogen-bond donors (Lipinski definition) is 1. The number of hydrogen-bond acceptors (Lipinski definition) is 4. The van der Waals surface area contributed by atoms with E-state index in [1.807, 2.05) is 11.3 Å². The molecule has 0 radical (unpaired) electrons. The highest BCUT2D eigenvalue weighted by atomic mass is 32.1. The Bertz CT molecular complexity index is 350. The zero-order valence-electron chi connectivity index (χ0n) is 10.9. The Morgan fingerprint density at radius 3 is 2.71 bits per heavy atom. The molecule has 17 heavy (non-hydrogen) atoms. The molecule has 1 fully saturated rings. The lowest BCUT2D eigenvalue weighted by atomic mass is 10.2. The van der Waals surface area contributed by atoms with E-state index in [1.165, 1.54) is 35.9 Å². The molecule has 0 spiro atoms. The van der Waals surface area contributed by atoms with Crippen LogP contribution in [0.2, 0.25) is 0 Å². The number of piperazine rings is 1. The third-order valence-electron chi connectivity index (χ3n) is 3.55. The van der Waals surface area contributed by atoms with Gasteiger partial charge in [0.2, 0.25) is 0 Å². The van der Waals surface area contributed by atoms with Gasteiger partial charge >= 0.3 is 0 Å². The van der Waals surface area contributed by atoms with Gasteiger partial charge in [0.1, 0.15) is 0 Å². The summed E-state index contributed by atoms with van der Waals surface area (Å²) in [4.78, 5) is 7.85. The van der Waals surface area contributed by atoms with Gasteiger partial charge in [0.25, 0.3) is 0 Å². The van der Waals surface area contributed by atoms with E-state index in [0.29, 0.717) is 12.6 Å². The predicted octanol–water partition coefficient (Wildman–Crippen LogP) is 1.73. The second-order valence-corrected chi connectivity index (χ2v) is 6.04. The van der Waals surface area contributed by atoms with Crippen LogP contribution in [0.3, 0.4) is 0 Å². The topological polar surface area (TPSA) is 32.5 Å². The molecule has 2 rings (SSSR count). The molecule has 0 bridgehead atoms. The minimum Gasteiger partial charge on any atom is -0.326 e. The summed E-state index contributed by atoms with van der Waals surface area (Å²) >= 11 is 1.85. The molecule has 1 aromatic heterocycles. The average molecular weight is 253 g/mol. The van der Waals surface area contributed by atoms with E-state index in [-0.39, 0.29) is 0 Å². The highest BCUT2D eigenvalue weighted by Crippen LogP contribution is 2.19. The first-order valence-electron chi connectivity index (χ1n) is 6.47. The summed E-state index contributed by atoms with van der Waals surface area (Å²) in [6, 6.07) is 5.07. The Labute approximate surface area is 108 Å². The first-order valence-corrected chi connectivity index (χ1v) is 7.28. The van der Waals surface area contributed by atoms with Crippen LogP contribution in [0, 0.1) is 0 Å². The molecule has 3 nitrogen and oxygen atoms in total. The summed E-state index contributed by atoms with van der Waals surface area (Å²) in [5, 5.41) is 0. The van der Waals surface area contributed by atoms with Crippen LogP contribution in [0.4, 0.5) is 0 Å². The molecule has 0 aromatic carbocycles. The SMILES string of the molecule is CCN1CCN(Cc2ccc(CN)s2)CC1C. The maximum Gasteiger partial charge on any atom is 0.0329 e. The van der Waals surface area contributed by atoms with E-state index < -0.39 is 0 Å². The molecular formula is C13H23N3S. The van der Waals surface area contributed by atoms with Gasteiger partial charge in [-0.25, -0.2) is 0 Å². The van der Waals surface area contributed by atoms with Crippen LogP contribution in [0.1, 0.15) is 23.6 Å². The molecule has 1 unspecified atom stereocenters. The fourth-order valence-electron chi connectivity index (χ4n) is 2.52. The fraction of sp³-hybridized carbons (Fsp3) is 0.692. The van der Waals surface area contributed by atoms with Crippen LogP contribution >= 0.6 is 11.3 Å². The normalized spacial score (nSPS) is 23.1. The Kier molecular flexibility index (Phi) is 4.56. The summed E-state index contributed by atoms with van der Waals surface area (Å²) in [6.07, 6.45) is 0. The molecule has 1 saturated heterocycles. The molecule has 0 saturated carbocycles. The van der Waals surface area contributed by atoms with Crippen molar-refractivity contribution in [3.05, 3.63) is 21.9 Å². The van der Waals surface area contributed by atoms with Crippen molar-refractivity contribution in [1.82, 2.24) is 9.80 Å². The molecule has 4 heteroatoms. The van der Waals surface area contributed by atoms with Crippen molar-refractivity contribution in [1.29, 1.82) is 0 Å². The minimum absolute atomic E-state index is 0.671. The van der Waals surface area contributed by atoms with E-state index in [1.54, 1.807) is 0 Å². The lowest BCUT2D eigenvalue weighted by Gasteiger charge is -2.39. The minimum atomic E-state index is 0.671. The van der Waals surface area contributed by atoms with Crippen molar-refractivity contribution in [2.75, 3.05) is 26.2 Å². The maximum atomic E-state index is 5.64. The quantitative estimate of drug-likeness (QED) is 0.887. The van der Waals surface area contributed by atoms with Gasteiger partial charge < -0.3 is 5.73 Å². The number of nitrogens with zero attached hydrogens (tertiary/aromatic N) is 2. The molecule has 2 heterocycles. The Balaban J connectivity index is 1.88. The monoisotopic (exact) mass is 253 g/mol. The van der Waals surface area contributed by atoms with Crippen molar-refractivity contribution in [3.8, 4) is 0 Å². The summed E-state index contributed by atoms with van der Waals surface area (Å²) < 4.78 is 0. The molecule has 1 aliphatic rings. The predicted molar refractivity (Wildman–Crippen MR) is 74.2 cm³/mol. The second-order valence-electron chi connectivity index (χ2n) is 4.78. The third kappa shape index (κ3) is 3.28. The van der Waals surface area contributed by atoms with E-state index >= 15 is 0 Å². The Hall–Kier alpha value is -0.420. The first kappa shape index (κ1) is 13.0. The molecule has 0 amide bonds. The van der Waals surface area contributed by atoms with Gasteiger partial charge in [-0.1, -0.05) is 6.92 Å². The van der Waals surface area contributed by atoms with Crippen molar-refractivity contribution in [2.24, 2.45) is 5.73 Å². The zero-order valence-corrected chi connectivity index (χ0v) is 11.7. The van der Waals surface area contributed by atoms with Gasteiger partial charge in [-0.2, -0.15) is 0 Å². The van der Waals surface area contributed by atoms with E-state index in [9.17, 15) is 0 Å². The summed E-state index contributed by atoms with van der Waals surface area (Å²) in [5.74, 6) is 0. The molecule has 0 aliphatic carbocycles. The standard InChI is InChI=1S/C13H23N3S/c1-3-16-7-6-15(9-11(16)2)10-13-5-4-12(8-14)17-13/h4-5,11H,3,6-10,14H2,1-2H3. The molecule has 96 valence electrons. The van der Waals surface area contributed by atoms with E-state index in [4.69, 9.17) is 5.73 Å². The van der Waals surface area contributed by atoms with Crippen molar-refractivity contribution >= 4 is 11.3 Å². The smallest absolute Gasteiger partial charge is 0.0329 e. The van der Waals surface area contributed by atoms with Gasteiger partial charge in [0.05, 0.1) is 0 Å². The summed E-state index contributed by atoms with van der Waals surface area (Å²) in [7, 11) is 0. The summed E-state index contributed by atoms with van der Waals surface area (Å²) in [5.41, 5.74) is 5.64. The number of rotatable bonds is 4. The molecule has 1 atom stereocenters. The number of nitrogens with two attached hydrogens (primary N) is 1. The molecule has 2 N–H and O–H groups in total. The molecule has 1 aromatic rings. The van der Waals surface area contributed by atoms with E-state index in [2.05, 4.69) is 35.8 Å². The van der Waals surface area contributed by atoms with Crippen molar-refractivity contribution in [2.45, 2.75) is 33.0 Å². The van der Waals surface area contributed by atoms with Crippen LogP contribution in [-0.2, 0) is 13.1 Å². The van der Waals surface area contributed by atoms with Gasteiger partial charge in [-0.15, -0.1) is 11.3 Å². The van der Waals surface area contributed by atoms with Crippen molar-refractivity contribution in [3.63, 3.8) is 0 Å². The highest BCUT2D eigenvalue weighted by molar-refractivity contribution is 7.11. The van der Waals surface area contributed by atoms with Crippen LogP contribution < -0.4 is 5.73 Å². The first-order chi connectivity index (χ1) is 8.22. The summed E-state index contributed by atoms with van der Waals surface area (Å²) in [6.45, 7) is 11.1. The second kappa shape index (κ2) is 5.96. The highest BCUT2D eigenvalue weighted by Gasteiger charge is 2.22. The fourth-order valence-corrected chi connectivity index (χ4v) is 3.46. The lowest BCUT2D eigenvalue weighted by Crippen LogP contribution is -2.51. The van der Waals surface area contributed by atoms with Gasteiger partial charge in [0, 0.05) is 48.5 Å². The van der Waals surface area contributed by atoms with Crippen LogP contribution in [-0.4, -0.2) is 42.0 Å². The number of thiophene rings is 1. The van der Waals surface area contributed by atoms with E-state index in [0.717, 1.165) is 6.54 Å². The lowest BCUT2D eigenvalue weighted by molar-refractivity contribution is 0.0841. The third-order valence-corrected chi connectivity index (χ3v) is 4.65. The molecule has 1 aliphatic heterocycles. The Morgan fingerprint density at radius 2 is 2.12 bits per heavy atom. The van der Waals surface area contributed by atoms with Crippen LogP contribution in [0.25, 0.3) is 0 Å². The van der Waals surface area contributed by atoms with Gasteiger partial charge in [-0.05, 0) is 25.6 Å². The Morgan fingerprint density at radius 1 is 1.35 bits per heavy atom. The molecular weight excluding hydrogens is 230 g/mol. The van der Waals surface area contributed by atoms with Crippen LogP contribution in [0.15, 0.2) is 12.1 Å². The largest absolute Gasteiger partial charge is 0.326 e. The van der Waals surface area contributed by atoms with Gasteiger partial charge in [0.15, 0.2) is 0 Å². The zero-order chi connectivity index (χ0) is 12.3. The van der Waals surface area contributed by atoms with Crippen molar-refractivity contribution < 1.29 is 0 Å².